The predicted octanol–water partition coefficient (Wildman–Crippen LogP) is 2.02. The maximum atomic E-state index is 6.17. The number of nitrogens with two attached hydrogens (primary N) is 1. The highest BCUT2D eigenvalue weighted by molar-refractivity contribution is 5.15. The van der Waals surface area contributed by atoms with Crippen molar-refractivity contribution in [2.24, 2.45) is 5.73 Å². The molecule has 0 saturated carbocycles. The minimum atomic E-state index is -0.411. The largest absolute Gasteiger partial charge is 0.339 e. The molecule has 0 fully saturated rings. The van der Waals surface area contributed by atoms with Crippen molar-refractivity contribution in [3.8, 4) is 0 Å². The normalized spacial score (nSPS) is 13.5. The molecule has 2 aromatic rings. The Bertz CT molecular complexity index is 514. The van der Waals surface area contributed by atoms with Crippen LogP contribution in [0.4, 0.5) is 0 Å². The quantitative estimate of drug-likeness (QED) is 0.896. The van der Waals surface area contributed by atoms with Crippen LogP contribution in [0.1, 0.15) is 63.1 Å². The summed E-state index contributed by atoms with van der Waals surface area (Å²) in [6.07, 6.45) is 3.51. The molecule has 2 aromatic heterocycles. The lowest BCUT2D eigenvalue weighted by atomic mass is 10.2. The van der Waals surface area contributed by atoms with Crippen molar-refractivity contribution in [1.29, 1.82) is 0 Å². The fourth-order valence-corrected chi connectivity index (χ4v) is 1.73. The van der Waals surface area contributed by atoms with Crippen LogP contribution >= 0.6 is 0 Å². The van der Waals surface area contributed by atoms with Crippen LogP contribution in [0.15, 0.2) is 17.0 Å². The van der Waals surface area contributed by atoms with Gasteiger partial charge in [-0.25, -0.2) is 4.98 Å². The zero-order valence-electron chi connectivity index (χ0n) is 11.2. The lowest BCUT2D eigenvalue weighted by Crippen LogP contribution is -2.18. The summed E-state index contributed by atoms with van der Waals surface area (Å²) in [5.41, 5.74) is 7.06. The lowest BCUT2D eigenvalue weighted by Gasteiger charge is -2.14. The van der Waals surface area contributed by atoms with Crippen molar-refractivity contribution in [3.05, 3.63) is 29.9 Å². The van der Waals surface area contributed by atoms with Crippen LogP contribution in [0.2, 0.25) is 0 Å². The van der Waals surface area contributed by atoms with Crippen LogP contribution in [0.3, 0.4) is 0 Å². The second-order valence-corrected chi connectivity index (χ2v) is 4.94. The van der Waals surface area contributed by atoms with Gasteiger partial charge in [0.2, 0.25) is 5.89 Å². The molecule has 0 bridgehead atoms. The molecule has 0 aromatic carbocycles. The van der Waals surface area contributed by atoms with E-state index < -0.39 is 6.04 Å². The van der Waals surface area contributed by atoms with Gasteiger partial charge in [-0.05, 0) is 13.8 Å². The third-order valence-electron chi connectivity index (χ3n) is 2.80. The zero-order chi connectivity index (χ0) is 13.3. The smallest absolute Gasteiger partial charge is 0.229 e. The Morgan fingerprint density at radius 3 is 2.56 bits per heavy atom. The van der Waals surface area contributed by atoms with Gasteiger partial charge < -0.3 is 14.8 Å². The van der Waals surface area contributed by atoms with Crippen molar-refractivity contribution in [2.75, 3.05) is 0 Å². The molecular formula is C12H19N5O. The highest BCUT2D eigenvalue weighted by atomic mass is 16.5. The molecule has 98 valence electrons. The number of nitrogens with zero attached hydrogens (tertiary/aromatic N) is 4. The first-order chi connectivity index (χ1) is 8.50. The number of hydrogen-bond acceptors (Lipinski definition) is 5. The molecule has 0 radical (unpaired) electrons. The lowest BCUT2D eigenvalue weighted by molar-refractivity contribution is 0.358. The standard InChI is InChI=1S/C12H19N5O/c1-7(2)12-15-11(16-18-12)10(13)9-5-14-6-17(9)8(3)4/h5-8,10H,13H2,1-4H3. The van der Waals surface area contributed by atoms with E-state index in [0.29, 0.717) is 17.8 Å². The molecular weight excluding hydrogens is 230 g/mol. The number of imidazole rings is 1. The molecule has 2 rings (SSSR count). The second-order valence-electron chi connectivity index (χ2n) is 4.94. The summed E-state index contributed by atoms with van der Waals surface area (Å²) < 4.78 is 7.18. The van der Waals surface area contributed by atoms with Gasteiger partial charge in [0.15, 0.2) is 5.82 Å². The average molecular weight is 249 g/mol. The Morgan fingerprint density at radius 1 is 1.28 bits per heavy atom. The van der Waals surface area contributed by atoms with E-state index in [-0.39, 0.29) is 5.92 Å². The Kier molecular flexibility index (Phi) is 3.47. The van der Waals surface area contributed by atoms with E-state index in [1.807, 2.05) is 18.4 Å². The summed E-state index contributed by atoms with van der Waals surface area (Å²) in [7, 11) is 0. The Hall–Kier alpha value is -1.69. The van der Waals surface area contributed by atoms with E-state index in [1.165, 1.54) is 0 Å². The van der Waals surface area contributed by atoms with Gasteiger partial charge in [-0.2, -0.15) is 4.98 Å². The molecule has 6 heteroatoms. The van der Waals surface area contributed by atoms with E-state index >= 15 is 0 Å². The fourth-order valence-electron chi connectivity index (χ4n) is 1.73. The van der Waals surface area contributed by atoms with Crippen LogP contribution in [0.25, 0.3) is 0 Å². The first-order valence-electron chi connectivity index (χ1n) is 6.11. The number of aromatic nitrogens is 4. The van der Waals surface area contributed by atoms with Crippen LogP contribution in [-0.4, -0.2) is 19.7 Å². The van der Waals surface area contributed by atoms with E-state index in [0.717, 1.165) is 5.69 Å². The van der Waals surface area contributed by atoms with Gasteiger partial charge in [-0.3, -0.25) is 0 Å². The summed E-state index contributed by atoms with van der Waals surface area (Å²) in [6, 6.07) is -0.115. The zero-order valence-corrected chi connectivity index (χ0v) is 11.2. The molecule has 1 atom stereocenters. The van der Waals surface area contributed by atoms with Gasteiger partial charge in [0.1, 0.15) is 6.04 Å². The van der Waals surface area contributed by atoms with Crippen molar-refractivity contribution >= 4 is 0 Å². The number of hydrogen-bond donors (Lipinski definition) is 1. The summed E-state index contributed by atoms with van der Waals surface area (Å²) >= 11 is 0. The average Bonchev–Trinajstić information content (AvgIpc) is 2.97. The van der Waals surface area contributed by atoms with Crippen molar-refractivity contribution in [3.63, 3.8) is 0 Å². The summed E-state index contributed by atoms with van der Waals surface area (Å²) in [4.78, 5) is 8.45. The van der Waals surface area contributed by atoms with Gasteiger partial charge >= 0.3 is 0 Å². The van der Waals surface area contributed by atoms with Crippen molar-refractivity contribution in [1.82, 2.24) is 19.7 Å². The maximum absolute atomic E-state index is 6.17. The molecule has 0 aliphatic rings. The Labute approximate surface area is 106 Å². The summed E-state index contributed by atoms with van der Waals surface area (Å²) in [5.74, 6) is 1.31. The minimum absolute atomic E-state index is 0.202. The molecule has 6 nitrogen and oxygen atoms in total. The Balaban J connectivity index is 2.29. The van der Waals surface area contributed by atoms with Crippen LogP contribution in [-0.2, 0) is 0 Å². The minimum Gasteiger partial charge on any atom is -0.339 e. The van der Waals surface area contributed by atoms with Gasteiger partial charge in [-0.15, -0.1) is 0 Å². The Morgan fingerprint density at radius 2 is 2.00 bits per heavy atom. The van der Waals surface area contributed by atoms with Crippen LogP contribution in [0.5, 0.6) is 0 Å². The molecule has 2 heterocycles. The molecule has 0 aliphatic heterocycles. The third-order valence-corrected chi connectivity index (χ3v) is 2.80. The molecule has 0 spiro atoms. The highest BCUT2D eigenvalue weighted by Gasteiger charge is 2.21. The third kappa shape index (κ3) is 2.28. The monoisotopic (exact) mass is 249 g/mol. The van der Waals surface area contributed by atoms with E-state index in [2.05, 4.69) is 29.0 Å². The number of rotatable bonds is 4. The van der Waals surface area contributed by atoms with Crippen LogP contribution < -0.4 is 5.73 Å². The van der Waals surface area contributed by atoms with Crippen molar-refractivity contribution in [2.45, 2.75) is 45.7 Å². The summed E-state index contributed by atoms with van der Waals surface area (Å²) in [6.45, 7) is 8.16. The van der Waals surface area contributed by atoms with E-state index in [4.69, 9.17) is 10.3 Å². The van der Waals surface area contributed by atoms with Gasteiger partial charge in [0.05, 0.1) is 18.2 Å². The van der Waals surface area contributed by atoms with Gasteiger partial charge in [0, 0.05) is 12.0 Å². The second kappa shape index (κ2) is 4.89. The molecule has 1 unspecified atom stereocenters. The van der Waals surface area contributed by atoms with E-state index in [9.17, 15) is 0 Å². The van der Waals surface area contributed by atoms with Gasteiger partial charge in [-0.1, -0.05) is 19.0 Å². The summed E-state index contributed by atoms with van der Waals surface area (Å²) in [5, 5.41) is 3.94. The molecule has 18 heavy (non-hydrogen) atoms. The first-order valence-corrected chi connectivity index (χ1v) is 6.11. The topological polar surface area (TPSA) is 82.8 Å². The molecule has 0 amide bonds. The molecule has 0 saturated heterocycles. The molecule has 0 aliphatic carbocycles. The first kappa shape index (κ1) is 12.8. The SMILES string of the molecule is CC(C)c1nc(C(N)c2cncn2C(C)C)no1. The van der Waals surface area contributed by atoms with Crippen LogP contribution in [0, 0.1) is 0 Å². The van der Waals surface area contributed by atoms with Crippen molar-refractivity contribution < 1.29 is 4.52 Å². The molecule has 2 N–H and O–H groups in total. The predicted molar refractivity (Wildman–Crippen MR) is 67.0 cm³/mol. The maximum Gasteiger partial charge on any atom is 0.229 e. The van der Waals surface area contributed by atoms with Gasteiger partial charge in [0.25, 0.3) is 0 Å². The fraction of sp³-hybridized carbons (Fsp3) is 0.583. The highest BCUT2D eigenvalue weighted by Crippen LogP contribution is 2.21. The van der Waals surface area contributed by atoms with E-state index in [1.54, 1.807) is 12.5 Å².